The molecule has 0 spiro atoms. The summed E-state index contributed by atoms with van der Waals surface area (Å²) in [5.41, 5.74) is 6.40. The van der Waals surface area contributed by atoms with Gasteiger partial charge in [-0.2, -0.15) is 4.37 Å². The third-order valence-electron chi connectivity index (χ3n) is 1.97. The van der Waals surface area contributed by atoms with Crippen molar-refractivity contribution in [2.45, 2.75) is 16.2 Å². The third kappa shape index (κ3) is 2.56. The van der Waals surface area contributed by atoms with Gasteiger partial charge in [-0.1, -0.05) is 17.8 Å². The lowest BCUT2D eigenvalue weighted by atomic mass is 10.2. The van der Waals surface area contributed by atoms with Gasteiger partial charge in [-0.25, -0.2) is 9.78 Å². The highest BCUT2D eigenvalue weighted by Gasteiger charge is 2.15. The molecule has 1 heterocycles. The van der Waals surface area contributed by atoms with E-state index >= 15 is 0 Å². The minimum atomic E-state index is -0.999. The molecule has 0 aliphatic heterocycles. The number of aromatic nitrogens is 2. The van der Waals surface area contributed by atoms with Gasteiger partial charge in [-0.3, -0.25) is 0 Å². The lowest BCUT2D eigenvalue weighted by molar-refractivity contribution is 0.0693. The number of aryl methyl sites for hydroxylation is 1. The molecule has 0 aliphatic rings. The molecule has 0 radical (unpaired) electrons. The van der Waals surface area contributed by atoms with Crippen LogP contribution >= 0.6 is 23.3 Å². The molecule has 0 unspecified atom stereocenters. The Bertz CT molecular complexity index is 568. The predicted octanol–water partition coefficient (Wildman–Crippen LogP) is 2.28. The van der Waals surface area contributed by atoms with Gasteiger partial charge in [0.2, 0.25) is 0 Å². The number of anilines is 1. The Balaban J connectivity index is 2.40. The zero-order valence-electron chi connectivity index (χ0n) is 8.88. The van der Waals surface area contributed by atoms with Crippen LogP contribution < -0.4 is 5.73 Å². The largest absolute Gasteiger partial charge is 0.478 e. The van der Waals surface area contributed by atoms with Crippen molar-refractivity contribution in [1.29, 1.82) is 0 Å². The maximum absolute atomic E-state index is 11.1. The maximum atomic E-state index is 11.1. The summed E-state index contributed by atoms with van der Waals surface area (Å²) in [6.07, 6.45) is 0. The molecule has 3 N–H and O–H groups in total. The van der Waals surface area contributed by atoms with Crippen LogP contribution in [0.2, 0.25) is 0 Å². The number of hydrogen-bond donors (Lipinski definition) is 2. The van der Waals surface area contributed by atoms with Crippen LogP contribution in [0.1, 0.15) is 16.2 Å². The fourth-order valence-electron chi connectivity index (χ4n) is 1.24. The molecular weight excluding hydrogens is 258 g/mol. The second-order valence-corrected chi connectivity index (χ2v) is 5.25. The number of nitrogens with two attached hydrogens (primary N) is 1. The fourth-order valence-corrected chi connectivity index (χ4v) is 2.98. The second kappa shape index (κ2) is 4.72. The van der Waals surface area contributed by atoms with Gasteiger partial charge in [0.25, 0.3) is 0 Å². The zero-order valence-corrected chi connectivity index (χ0v) is 10.5. The van der Waals surface area contributed by atoms with Crippen molar-refractivity contribution < 1.29 is 9.90 Å². The molecule has 0 bridgehead atoms. The van der Waals surface area contributed by atoms with Gasteiger partial charge in [-0.15, -0.1) is 0 Å². The lowest BCUT2D eigenvalue weighted by Crippen LogP contribution is -2.01. The van der Waals surface area contributed by atoms with Gasteiger partial charge in [0, 0.05) is 5.69 Å². The summed E-state index contributed by atoms with van der Waals surface area (Å²) < 4.78 is 4.72. The van der Waals surface area contributed by atoms with Gasteiger partial charge in [0.1, 0.15) is 5.82 Å². The van der Waals surface area contributed by atoms with Gasteiger partial charge >= 0.3 is 5.97 Å². The van der Waals surface area contributed by atoms with Crippen molar-refractivity contribution in [3.05, 3.63) is 29.6 Å². The Labute approximate surface area is 106 Å². The molecular formula is C10H9N3O2S2. The zero-order chi connectivity index (χ0) is 12.4. The highest BCUT2D eigenvalue weighted by atomic mass is 32.2. The van der Waals surface area contributed by atoms with Gasteiger partial charge < -0.3 is 10.8 Å². The maximum Gasteiger partial charge on any atom is 0.336 e. The molecule has 5 nitrogen and oxygen atoms in total. The standard InChI is InChI=1S/C10H9N3O2S2/c1-5-12-10(17-13-5)16-8-6(9(14)15)3-2-4-7(8)11/h2-4H,11H2,1H3,(H,14,15). The molecule has 2 rings (SSSR count). The van der Waals surface area contributed by atoms with E-state index in [0.29, 0.717) is 20.7 Å². The van der Waals surface area contributed by atoms with Gasteiger partial charge in [0.15, 0.2) is 4.34 Å². The topological polar surface area (TPSA) is 89.1 Å². The number of aromatic carboxylic acids is 1. The number of hydrogen-bond acceptors (Lipinski definition) is 6. The molecule has 0 atom stereocenters. The summed E-state index contributed by atoms with van der Waals surface area (Å²) in [6, 6.07) is 4.81. The number of rotatable bonds is 3. The van der Waals surface area contributed by atoms with Crippen LogP contribution in [0, 0.1) is 6.92 Å². The van der Waals surface area contributed by atoms with E-state index in [9.17, 15) is 4.79 Å². The Hall–Kier alpha value is -1.60. The van der Waals surface area contributed by atoms with Crippen LogP contribution in [0.5, 0.6) is 0 Å². The monoisotopic (exact) mass is 267 g/mol. The predicted molar refractivity (Wildman–Crippen MR) is 66.6 cm³/mol. The number of carboxylic acids is 1. The average molecular weight is 267 g/mol. The number of carbonyl (C=O) groups is 1. The van der Waals surface area contributed by atoms with E-state index in [4.69, 9.17) is 10.8 Å². The number of carboxylic acid groups (broad SMARTS) is 1. The first kappa shape index (κ1) is 11.9. The van der Waals surface area contributed by atoms with Crippen LogP contribution in [-0.4, -0.2) is 20.4 Å². The second-order valence-electron chi connectivity index (χ2n) is 3.24. The third-order valence-corrected chi connectivity index (χ3v) is 3.98. The number of nitrogens with zero attached hydrogens (tertiary/aromatic N) is 2. The highest BCUT2D eigenvalue weighted by Crippen LogP contribution is 2.35. The van der Waals surface area contributed by atoms with Crippen LogP contribution in [-0.2, 0) is 0 Å². The smallest absolute Gasteiger partial charge is 0.336 e. The molecule has 0 saturated heterocycles. The van der Waals surface area contributed by atoms with Crippen LogP contribution in [0.15, 0.2) is 27.4 Å². The van der Waals surface area contributed by atoms with Crippen LogP contribution in [0.25, 0.3) is 0 Å². The molecule has 0 amide bonds. The minimum Gasteiger partial charge on any atom is -0.478 e. The van der Waals surface area contributed by atoms with Gasteiger partial charge in [-0.05, 0) is 30.6 Å². The Morgan fingerprint density at radius 3 is 2.88 bits per heavy atom. The van der Waals surface area contributed by atoms with Crippen molar-refractivity contribution in [2.75, 3.05) is 5.73 Å². The van der Waals surface area contributed by atoms with Crippen LogP contribution in [0.3, 0.4) is 0 Å². The molecule has 88 valence electrons. The van der Waals surface area contributed by atoms with E-state index in [1.165, 1.54) is 29.4 Å². The molecule has 0 saturated carbocycles. The van der Waals surface area contributed by atoms with E-state index < -0.39 is 5.97 Å². The van der Waals surface area contributed by atoms with Crippen molar-refractivity contribution in [2.24, 2.45) is 0 Å². The summed E-state index contributed by atoms with van der Waals surface area (Å²) in [5, 5.41) is 9.07. The molecule has 0 fully saturated rings. The molecule has 1 aromatic heterocycles. The molecule has 2 aromatic rings. The first-order valence-electron chi connectivity index (χ1n) is 4.68. The quantitative estimate of drug-likeness (QED) is 0.829. The molecule has 17 heavy (non-hydrogen) atoms. The number of nitrogen functional groups attached to an aromatic ring is 1. The van der Waals surface area contributed by atoms with E-state index in [2.05, 4.69) is 9.36 Å². The lowest BCUT2D eigenvalue weighted by Gasteiger charge is -2.06. The molecule has 0 aliphatic carbocycles. The summed E-state index contributed by atoms with van der Waals surface area (Å²) in [6.45, 7) is 1.78. The summed E-state index contributed by atoms with van der Waals surface area (Å²) in [5.74, 6) is -0.329. The SMILES string of the molecule is Cc1nsc(Sc2c(N)cccc2C(=O)O)n1. The van der Waals surface area contributed by atoms with E-state index in [1.807, 2.05) is 0 Å². The first-order chi connectivity index (χ1) is 8.08. The summed E-state index contributed by atoms with van der Waals surface area (Å²) in [4.78, 5) is 15.7. The molecule has 7 heteroatoms. The van der Waals surface area contributed by atoms with Gasteiger partial charge in [0.05, 0.1) is 10.5 Å². The molecule has 1 aromatic carbocycles. The van der Waals surface area contributed by atoms with Crippen molar-refractivity contribution in [1.82, 2.24) is 9.36 Å². The Kier molecular flexibility index (Phi) is 3.30. The van der Waals surface area contributed by atoms with E-state index in [1.54, 1.807) is 19.1 Å². The van der Waals surface area contributed by atoms with E-state index in [0.717, 1.165) is 0 Å². The minimum absolute atomic E-state index is 0.183. The van der Waals surface area contributed by atoms with E-state index in [-0.39, 0.29) is 5.56 Å². The fraction of sp³-hybridized carbons (Fsp3) is 0.100. The first-order valence-corrected chi connectivity index (χ1v) is 6.27. The highest BCUT2D eigenvalue weighted by molar-refractivity contribution is 8.01. The average Bonchev–Trinajstić information content (AvgIpc) is 2.67. The number of benzene rings is 1. The Morgan fingerprint density at radius 1 is 1.53 bits per heavy atom. The van der Waals surface area contributed by atoms with Crippen LogP contribution in [0.4, 0.5) is 5.69 Å². The summed E-state index contributed by atoms with van der Waals surface area (Å²) >= 11 is 2.46. The Morgan fingerprint density at radius 2 is 2.29 bits per heavy atom. The normalized spacial score (nSPS) is 10.4. The van der Waals surface area contributed by atoms with Crippen molar-refractivity contribution in [3.8, 4) is 0 Å². The van der Waals surface area contributed by atoms with Crippen molar-refractivity contribution in [3.63, 3.8) is 0 Å². The van der Waals surface area contributed by atoms with Crippen molar-refractivity contribution >= 4 is 35.0 Å². The summed E-state index contributed by atoms with van der Waals surface area (Å²) in [7, 11) is 0.